The smallest absolute Gasteiger partial charge is 0.407 e. The van der Waals surface area contributed by atoms with E-state index in [1.54, 1.807) is 6.92 Å². The number of benzene rings is 1. The molecule has 1 saturated carbocycles. The Bertz CT molecular complexity index is 1090. The highest BCUT2D eigenvalue weighted by Crippen LogP contribution is 2.66. The summed E-state index contributed by atoms with van der Waals surface area (Å²) in [6.45, 7) is 6.79. The van der Waals surface area contributed by atoms with Gasteiger partial charge in [0.05, 0.1) is 25.8 Å². The molecule has 1 aliphatic carbocycles. The summed E-state index contributed by atoms with van der Waals surface area (Å²) < 4.78 is 11.2. The highest BCUT2D eigenvalue weighted by molar-refractivity contribution is 5.72. The first-order valence-electron chi connectivity index (χ1n) is 12.9. The number of aliphatic hydroxyl groups is 2. The van der Waals surface area contributed by atoms with E-state index in [4.69, 9.17) is 9.47 Å². The molecule has 0 aromatic heterocycles. The number of rotatable bonds is 6. The summed E-state index contributed by atoms with van der Waals surface area (Å²) in [5.74, 6) is -0.473. The van der Waals surface area contributed by atoms with E-state index in [1.807, 2.05) is 19.2 Å². The lowest BCUT2D eigenvalue weighted by Crippen LogP contribution is -2.81. The summed E-state index contributed by atoms with van der Waals surface area (Å²) >= 11 is 0. The number of fused-ring (bicyclic) bond motifs is 1. The fraction of sp³-hybridized carbons (Fsp3) is 0.630. The van der Waals surface area contributed by atoms with Gasteiger partial charge in [0.1, 0.15) is 11.7 Å². The maximum absolute atomic E-state index is 12.8. The quantitative estimate of drug-likeness (QED) is 0.401. The second-order valence-corrected chi connectivity index (χ2v) is 10.6. The van der Waals surface area contributed by atoms with Crippen LogP contribution in [0.1, 0.15) is 44.7 Å². The second kappa shape index (κ2) is 8.75. The second-order valence-electron chi connectivity index (χ2n) is 10.6. The molecule has 196 valence electrons. The summed E-state index contributed by atoms with van der Waals surface area (Å²) in [5.41, 5.74) is 0.103. The normalized spacial score (nSPS) is 36.2. The van der Waals surface area contributed by atoms with Crippen LogP contribution in [0.15, 0.2) is 30.4 Å². The van der Waals surface area contributed by atoms with E-state index >= 15 is 0 Å². The van der Waals surface area contributed by atoms with Crippen LogP contribution < -0.4 is 10.2 Å². The molecule has 5 rings (SSSR count). The Labute approximate surface area is 212 Å². The topological polar surface area (TPSA) is 112 Å². The molecule has 3 N–H and O–H groups in total. The van der Waals surface area contributed by atoms with E-state index in [-0.39, 0.29) is 25.8 Å². The van der Waals surface area contributed by atoms with Gasteiger partial charge in [-0.15, -0.1) is 0 Å². The fourth-order valence-electron chi connectivity index (χ4n) is 8.08. The van der Waals surface area contributed by atoms with E-state index < -0.39 is 40.6 Å². The lowest BCUT2D eigenvalue weighted by Gasteiger charge is -2.64. The number of aliphatic hydroxyl groups excluding tert-OH is 1. The van der Waals surface area contributed by atoms with Crippen LogP contribution in [0.4, 0.5) is 10.5 Å². The summed E-state index contributed by atoms with van der Waals surface area (Å²) in [5, 5.41) is 25.4. The molecule has 6 atom stereocenters. The Morgan fingerprint density at radius 3 is 2.69 bits per heavy atom. The molecule has 2 fully saturated rings. The van der Waals surface area contributed by atoms with Gasteiger partial charge in [-0.05, 0) is 43.5 Å². The molecule has 0 bridgehead atoms. The van der Waals surface area contributed by atoms with E-state index in [9.17, 15) is 19.8 Å². The molecule has 1 saturated heterocycles. The van der Waals surface area contributed by atoms with Crippen molar-refractivity contribution in [3.05, 3.63) is 41.5 Å². The number of nitrogens with zero attached hydrogens (tertiary/aromatic N) is 2. The van der Waals surface area contributed by atoms with Crippen molar-refractivity contribution in [2.24, 2.45) is 5.41 Å². The maximum atomic E-state index is 12.8. The van der Waals surface area contributed by atoms with Crippen molar-refractivity contribution in [2.45, 2.75) is 69.4 Å². The van der Waals surface area contributed by atoms with Gasteiger partial charge in [-0.1, -0.05) is 31.2 Å². The Hall–Kier alpha value is -2.62. The molecule has 9 heteroatoms. The van der Waals surface area contributed by atoms with Crippen molar-refractivity contribution in [3.8, 4) is 0 Å². The number of amides is 1. The van der Waals surface area contributed by atoms with Crippen molar-refractivity contribution in [2.75, 3.05) is 38.2 Å². The molecule has 36 heavy (non-hydrogen) atoms. The molecular formula is C27H37N3O6. The van der Waals surface area contributed by atoms with Crippen LogP contribution in [0, 0.1) is 5.41 Å². The molecule has 1 aromatic rings. The standard InChI is InChI=1S/C27H37N3O6/c1-5-25-10-7-12-30-13-11-26(21(25)30)19-9-8-18(15-31)14-20(19)29(4)22(26)27(34,23(25)36-17(3)32)16-28-24(33)35-6-2/h7-10,14,21-23,31,34H,5-6,11-13,15-16H2,1-4H3,(H,28,33)/t21-,22+,23+,25+,26+,27?/m0/s1. The molecule has 1 unspecified atom stereocenters. The van der Waals surface area contributed by atoms with Crippen molar-refractivity contribution in [1.82, 2.24) is 10.2 Å². The summed E-state index contributed by atoms with van der Waals surface area (Å²) in [6.07, 6.45) is 4.19. The Morgan fingerprint density at radius 2 is 2.03 bits per heavy atom. The Kier molecular flexibility index (Phi) is 6.08. The van der Waals surface area contributed by atoms with Gasteiger partial charge in [-0.2, -0.15) is 0 Å². The first kappa shape index (κ1) is 25.0. The first-order valence-corrected chi connectivity index (χ1v) is 12.9. The van der Waals surface area contributed by atoms with Crippen LogP contribution in [0.5, 0.6) is 0 Å². The Balaban J connectivity index is 1.76. The molecule has 1 spiro atoms. The number of hydrogen-bond acceptors (Lipinski definition) is 8. The molecule has 1 aromatic carbocycles. The van der Waals surface area contributed by atoms with Crippen LogP contribution in [0.3, 0.4) is 0 Å². The van der Waals surface area contributed by atoms with Gasteiger partial charge in [-0.3, -0.25) is 9.69 Å². The highest BCUT2D eigenvalue weighted by atomic mass is 16.6. The predicted octanol–water partition coefficient (Wildman–Crippen LogP) is 1.70. The highest BCUT2D eigenvalue weighted by Gasteiger charge is 2.77. The minimum atomic E-state index is -1.63. The minimum absolute atomic E-state index is 0.0131. The summed E-state index contributed by atoms with van der Waals surface area (Å²) in [4.78, 5) is 29.4. The average molecular weight is 500 g/mol. The molecular weight excluding hydrogens is 462 g/mol. The number of alkyl carbamates (subject to hydrolysis) is 1. The SMILES string of the molecule is CCOC(=O)NCC1(O)[C@H](OC(C)=O)[C@]2(CC)C=CCN3CC[C@@]4(c5ccc(CO)cc5N(C)[C@@H]14)[C@@H]32. The zero-order valence-electron chi connectivity index (χ0n) is 21.5. The van der Waals surface area contributed by atoms with Gasteiger partial charge < -0.3 is 29.9 Å². The van der Waals surface area contributed by atoms with E-state index in [1.165, 1.54) is 6.92 Å². The lowest BCUT2D eigenvalue weighted by molar-refractivity contribution is -0.217. The maximum Gasteiger partial charge on any atom is 0.407 e. The number of hydrogen-bond donors (Lipinski definition) is 3. The number of esters is 1. The monoisotopic (exact) mass is 499 g/mol. The van der Waals surface area contributed by atoms with Gasteiger partial charge in [0.25, 0.3) is 0 Å². The van der Waals surface area contributed by atoms with Gasteiger partial charge in [0, 0.05) is 43.1 Å². The summed E-state index contributed by atoms with van der Waals surface area (Å²) in [7, 11) is 1.94. The molecule has 4 aliphatic rings. The average Bonchev–Trinajstić information content (AvgIpc) is 3.37. The summed E-state index contributed by atoms with van der Waals surface area (Å²) in [6, 6.07) is 5.53. The third-order valence-electron chi connectivity index (χ3n) is 9.05. The number of likely N-dealkylation sites (N-methyl/N-ethyl adjacent to an activating group) is 1. The van der Waals surface area contributed by atoms with E-state index in [0.29, 0.717) is 6.42 Å². The van der Waals surface area contributed by atoms with Crippen LogP contribution in [0.25, 0.3) is 0 Å². The molecule has 0 radical (unpaired) electrons. The third-order valence-corrected chi connectivity index (χ3v) is 9.05. The van der Waals surface area contributed by atoms with Gasteiger partial charge in [0.15, 0.2) is 0 Å². The molecule has 3 aliphatic heterocycles. The van der Waals surface area contributed by atoms with Crippen LogP contribution in [-0.2, 0) is 26.3 Å². The number of nitrogens with one attached hydrogen (secondary N) is 1. The minimum Gasteiger partial charge on any atom is -0.458 e. The lowest BCUT2D eigenvalue weighted by atomic mass is 9.47. The van der Waals surface area contributed by atoms with Gasteiger partial charge in [0.2, 0.25) is 0 Å². The molecule has 9 nitrogen and oxygen atoms in total. The van der Waals surface area contributed by atoms with E-state index in [2.05, 4.69) is 40.3 Å². The van der Waals surface area contributed by atoms with E-state index in [0.717, 1.165) is 36.3 Å². The van der Waals surface area contributed by atoms with Crippen LogP contribution >= 0.6 is 0 Å². The van der Waals surface area contributed by atoms with Crippen LogP contribution in [0.2, 0.25) is 0 Å². The van der Waals surface area contributed by atoms with Crippen molar-refractivity contribution >= 4 is 17.7 Å². The van der Waals surface area contributed by atoms with Crippen LogP contribution in [-0.4, -0.2) is 84.3 Å². The third kappa shape index (κ3) is 3.18. The fourth-order valence-corrected chi connectivity index (χ4v) is 8.08. The number of anilines is 1. The Morgan fingerprint density at radius 1 is 1.25 bits per heavy atom. The van der Waals surface area contributed by atoms with Gasteiger partial charge in [-0.25, -0.2) is 4.79 Å². The van der Waals surface area contributed by atoms with Gasteiger partial charge >= 0.3 is 12.1 Å². The number of carbonyl (C=O) groups is 2. The zero-order valence-corrected chi connectivity index (χ0v) is 21.5. The number of carbonyl (C=O) groups excluding carboxylic acids is 2. The molecule has 1 amide bonds. The largest absolute Gasteiger partial charge is 0.458 e. The van der Waals surface area contributed by atoms with Crippen molar-refractivity contribution in [1.29, 1.82) is 0 Å². The number of ether oxygens (including phenoxy) is 2. The first-order chi connectivity index (χ1) is 17.2. The predicted molar refractivity (Wildman–Crippen MR) is 134 cm³/mol. The molecule has 3 heterocycles. The zero-order chi connectivity index (χ0) is 25.9. The van der Waals surface area contributed by atoms with Crippen molar-refractivity contribution < 1.29 is 29.3 Å². The van der Waals surface area contributed by atoms with Crippen molar-refractivity contribution in [3.63, 3.8) is 0 Å².